The summed E-state index contributed by atoms with van der Waals surface area (Å²) in [6, 6.07) is 0. The minimum absolute atomic E-state index is 0.0234. The molecule has 0 bridgehead atoms. The Hall–Kier alpha value is -0.280. The third-order valence-corrected chi connectivity index (χ3v) is 2.88. The number of carbonyl (C=O) groups is 1. The topological polar surface area (TPSA) is 49.3 Å². The van der Waals surface area contributed by atoms with Crippen LogP contribution >= 0.6 is 11.6 Å². The number of hydrogen-bond donors (Lipinski definition) is 2. The Bertz CT molecular complexity index is 178. The van der Waals surface area contributed by atoms with Gasteiger partial charge in [0, 0.05) is 0 Å². The van der Waals surface area contributed by atoms with E-state index in [0.29, 0.717) is 0 Å². The Labute approximate surface area is 83.5 Å². The van der Waals surface area contributed by atoms with Gasteiger partial charge in [-0.2, -0.15) is 0 Å². The third-order valence-electron chi connectivity index (χ3n) is 2.64. The van der Waals surface area contributed by atoms with Crippen LogP contribution in [0.15, 0.2) is 0 Å². The summed E-state index contributed by atoms with van der Waals surface area (Å²) in [4.78, 5) is 11.1. The largest absolute Gasteiger partial charge is 0.394 e. The molecule has 0 heterocycles. The highest BCUT2D eigenvalue weighted by atomic mass is 35.5. The third kappa shape index (κ3) is 2.85. The molecule has 0 aromatic rings. The van der Waals surface area contributed by atoms with E-state index in [0.717, 1.165) is 25.7 Å². The maximum absolute atomic E-state index is 11.1. The molecule has 0 spiro atoms. The average molecular weight is 206 g/mol. The van der Waals surface area contributed by atoms with Crippen LogP contribution in [0.1, 0.15) is 32.1 Å². The molecule has 0 aliphatic heterocycles. The fourth-order valence-electron chi connectivity index (χ4n) is 1.88. The van der Waals surface area contributed by atoms with Gasteiger partial charge >= 0.3 is 0 Å². The van der Waals surface area contributed by atoms with E-state index in [9.17, 15) is 9.90 Å². The Morgan fingerprint density at radius 2 is 2.00 bits per heavy atom. The predicted molar refractivity (Wildman–Crippen MR) is 51.8 cm³/mol. The molecule has 76 valence electrons. The van der Waals surface area contributed by atoms with Gasteiger partial charge in [-0.05, 0) is 12.8 Å². The van der Waals surface area contributed by atoms with Crippen molar-refractivity contribution in [1.29, 1.82) is 0 Å². The van der Waals surface area contributed by atoms with Crippen molar-refractivity contribution in [2.24, 2.45) is 0 Å². The molecule has 0 saturated heterocycles. The van der Waals surface area contributed by atoms with Crippen LogP contribution in [0.5, 0.6) is 0 Å². The molecule has 4 heteroatoms. The number of carbonyl (C=O) groups excluding carboxylic acids is 1. The highest BCUT2D eigenvalue weighted by molar-refractivity contribution is 6.27. The molecule has 3 nitrogen and oxygen atoms in total. The minimum atomic E-state index is -0.385. The lowest BCUT2D eigenvalue weighted by Gasteiger charge is -2.36. The van der Waals surface area contributed by atoms with Crippen LogP contribution in [0.4, 0.5) is 0 Å². The lowest BCUT2D eigenvalue weighted by atomic mass is 9.82. The summed E-state index contributed by atoms with van der Waals surface area (Å²) in [5.41, 5.74) is -0.385. The van der Waals surface area contributed by atoms with Crippen molar-refractivity contribution < 1.29 is 9.90 Å². The molecule has 2 N–H and O–H groups in total. The van der Waals surface area contributed by atoms with Gasteiger partial charge in [0.15, 0.2) is 0 Å². The van der Waals surface area contributed by atoms with E-state index in [1.807, 2.05) is 0 Å². The van der Waals surface area contributed by atoms with Gasteiger partial charge in [0.1, 0.15) is 5.88 Å². The smallest absolute Gasteiger partial charge is 0.235 e. The zero-order valence-corrected chi connectivity index (χ0v) is 8.44. The number of aliphatic hydroxyl groups is 1. The van der Waals surface area contributed by atoms with Crippen LogP contribution in [-0.2, 0) is 4.79 Å². The molecule has 0 aromatic heterocycles. The molecule has 1 saturated carbocycles. The van der Waals surface area contributed by atoms with Gasteiger partial charge in [0.05, 0.1) is 12.1 Å². The van der Waals surface area contributed by atoms with E-state index in [2.05, 4.69) is 5.32 Å². The molecule has 1 amide bonds. The molecule has 0 aromatic carbocycles. The number of amides is 1. The first-order chi connectivity index (χ1) is 6.22. The van der Waals surface area contributed by atoms with Crippen molar-refractivity contribution in [3.8, 4) is 0 Å². The molecule has 0 atom stereocenters. The van der Waals surface area contributed by atoms with E-state index in [1.165, 1.54) is 6.42 Å². The zero-order chi connectivity index (χ0) is 9.73. The lowest BCUT2D eigenvalue weighted by Crippen LogP contribution is -2.52. The standard InChI is InChI=1S/C9H16ClNO2/c10-6-8(13)11-9(7-12)4-2-1-3-5-9/h12H,1-7H2,(H,11,13). The molecule has 1 aliphatic carbocycles. The fraction of sp³-hybridized carbons (Fsp3) is 0.889. The van der Waals surface area contributed by atoms with E-state index in [-0.39, 0.29) is 23.9 Å². The summed E-state index contributed by atoms with van der Waals surface area (Å²) in [6.45, 7) is 0.0234. The number of hydrogen-bond acceptors (Lipinski definition) is 2. The molecule has 0 unspecified atom stereocenters. The summed E-state index contributed by atoms with van der Waals surface area (Å²) >= 11 is 5.40. The lowest BCUT2D eigenvalue weighted by molar-refractivity contribution is -0.121. The maximum atomic E-state index is 11.1. The highest BCUT2D eigenvalue weighted by Gasteiger charge is 2.32. The molecular formula is C9H16ClNO2. The number of alkyl halides is 1. The van der Waals surface area contributed by atoms with Crippen molar-refractivity contribution in [3.63, 3.8) is 0 Å². The summed E-state index contributed by atoms with van der Waals surface area (Å²) in [7, 11) is 0. The first kappa shape index (κ1) is 10.8. The minimum Gasteiger partial charge on any atom is -0.394 e. The summed E-state index contributed by atoms with van der Waals surface area (Å²) in [6.07, 6.45) is 5.07. The van der Waals surface area contributed by atoms with Gasteiger partial charge in [-0.1, -0.05) is 19.3 Å². The van der Waals surface area contributed by atoms with Crippen molar-refractivity contribution in [2.75, 3.05) is 12.5 Å². The maximum Gasteiger partial charge on any atom is 0.235 e. The number of nitrogens with one attached hydrogen (secondary N) is 1. The summed E-state index contributed by atoms with van der Waals surface area (Å²) < 4.78 is 0. The fourth-order valence-corrected chi connectivity index (χ4v) is 1.95. The molecule has 1 aliphatic rings. The van der Waals surface area contributed by atoms with Crippen LogP contribution in [0.25, 0.3) is 0 Å². The Balaban J connectivity index is 2.52. The van der Waals surface area contributed by atoms with Gasteiger partial charge in [0.2, 0.25) is 5.91 Å². The monoisotopic (exact) mass is 205 g/mol. The second-order valence-corrected chi connectivity index (χ2v) is 3.95. The number of aliphatic hydroxyl groups excluding tert-OH is 1. The van der Waals surface area contributed by atoms with E-state index in [4.69, 9.17) is 11.6 Å². The number of rotatable bonds is 3. The van der Waals surface area contributed by atoms with E-state index >= 15 is 0 Å². The van der Waals surface area contributed by atoms with Crippen molar-refractivity contribution in [3.05, 3.63) is 0 Å². The van der Waals surface area contributed by atoms with Gasteiger partial charge < -0.3 is 10.4 Å². The quantitative estimate of drug-likeness (QED) is 0.677. The van der Waals surface area contributed by atoms with Crippen LogP contribution in [0.3, 0.4) is 0 Å². The normalized spacial score (nSPS) is 21.1. The second kappa shape index (κ2) is 4.82. The van der Waals surface area contributed by atoms with Crippen molar-refractivity contribution in [1.82, 2.24) is 5.32 Å². The molecule has 1 rings (SSSR count). The van der Waals surface area contributed by atoms with E-state index in [1.54, 1.807) is 0 Å². The molecule has 0 radical (unpaired) electrons. The predicted octanol–water partition coefficient (Wildman–Crippen LogP) is 1.04. The number of halogens is 1. The first-order valence-corrected chi connectivity index (χ1v) is 5.24. The van der Waals surface area contributed by atoms with Crippen LogP contribution < -0.4 is 5.32 Å². The molecule has 13 heavy (non-hydrogen) atoms. The van der Waals surface area contributed by atoms with Gasteiger partial charge in [-0.15, -0.1) is 11.6 Å². The average Bonchev–Trinajstić information content (AvgIpc) is 2.19. The van der Waals surface area contributed by atoms with Crippen LogP contribution in [-0.4, -0.2) is 29.0 Å². The Kier molecular flexibility index (Phi) is 4.00. The van der Waals surface area contributed by atoms with Gasteiger partial charge in [0.25, 0.3) is 0 Å². The van der Waals surface area contributed by atoms with Crippen LogP contribution in [0, 0.1) is 0 Å². The Morgan fingerprint density at radius 1 is 1.38 bits per heavy atom. The molecular weight excluding hydrogens is 190 g/mol. The first-order valence-electron chi connectivity index (χ1n) is 4.70. The highest BCUT2D eigenvalue weighted by Crippen LogP contribution is 2.27. The van der Waals surface area contributed by atoms with Gasteiger partial charge in [-0.3, -0.25) is 4.79 Å². The SMILES string of the molecule is O=C(CCl)NC1(CO)CCCCC1. The zero-order valence-electron chi connectivity index (χ0n) is 7.68. The summed E-state index contributed by atoms with van der Waals surface area (Å²) in [5, 5.41) is 12.0. The van der Waals surface area contributed by atoms with E-state index < -0.39 is 0 Å². The van der Waals surface area contributed by atoms with Crippen LogP contribution in [0.2, 0.25) is 0 Å². The Morgan fingerprint density at radius 3 is 2.46 bits per heavy atom. The summed E-state index contributed by atoms with van der Waals surface area (Å²) in [5.74, 6) is -0.209. The van der Waals surface area contributed by atoms with Gasteiger partial charge in [-0.25, -0.2) is 0 Å². The molecule has 1 fully saturated rings. The van der Waals surface area contributed by atoms with Crippen molar-refractivity contribution >= 4 is 17.5 Å². The second-order valence-electron chi connectivity index (χ2n) is 3.68. The van der Waals surface area contributed by atoms with Crippen molar-refractivity contribution in [2.45, 2.75) is 37.6 Å².